The third-order valence-electron chi connectivity index (χ3n) is 2.74. The maximum Gasteiger partial charge on any atom is 0.0645 e. The molecule has 0 radical (unpaired) electrons. The summed E-state index contributed by atoms with van der Waals surface area (Å²) in [5.41, 5.74) is 0.189. The quantitative estimate of drug-likeness (QED) is 0.702. The van der Waals surface area contributed by atoms with Crippen LogP contribution in [0.2, 0.25) is 0 Å². The lowest BCUT2D eigenvalue weighted by Gasteiger charge is -2.45. The Hall–Kier alpha value is -0.120. The summed E-state index contributed by atoms with van der Waals surface area (Å²) in [7, 11) is 2.00. The van der Waals surface area contributed by atoms with Crippen molar-refractivity contribution in [3.05, 3.63) is 0 Å². The molecule has 1 saturated heterocycles. The number of morpholine rings is 1. The molecular formula is C10H22N2O. The van der Waals surface area contributed by atoms with Gasteiger partial charge >= 0.3 is 0 Å². The zero-order chi connectivity index (χ0) is 9.90. The van der Waals surface area contributed by atoms with E-state index >= 15 is 0 Å². The summed E-state index contributed by atoms with van der Waals surface area (Å²) in [6.07, 6.45) is 0. The van der Waals surface area contributed by atoms with E-state index in [0.29, 0.717) is 6.04 Å². The van der Waals surface area contributed by atoms with Crippen molar-refractivity contribution in [2.45, 2.75) is 32.4 Å². The van der Waals surface area contributed by atoms with Gasteiger partial charge in [-0.15, -0.1) is 0 Å². The fraction of sp³-hybridized carbons (Fsp3) is 1.00. The summed E-state index contributed by atoms with van der Waals surface area (Å²) in [6, 6.07) is 0.587. The molecule has 1 aliphatic rings. The summed E-state index contributed by atoms with van der Waals surface area (Å²) in [6.45, 7) is 10.6. The van der Waals surface area contributed by atoms with Crippen LogP contribution in [0.5, 0.6) is 0 Å². The van der Waals surface area contributed by atoms with E-state index in [9.17, 15) is 0 Å². The first-order chi connectivity index (χ1) is 6.08. The molecule has 1 atom stereocenters. The first kappa shape index (κ1) is 11.0. The van der Waals surface area contributed by atoms with Crippen LogP contribution in [0, 0.1) is 0 Å². The largest absolute Gasteiger partial charge is 0.378 e. The van der Waals surface area contributed by atoms with E-state index in [0.717, 1.165) is 26.3 Å². The van der Waals surface area contributed by atoms with Gasteiger partial charge < -0.3 is 10.1 Å². The molecule has 1 unspecified atom stereocenters. The summed E-state index contributed by atoms with van der Waals surface area (Å²) in [5.74, 6) is 0. The standard InChI is InChI=1S/C10H22N2O/c1-9(7-11-4)12-5-6-13-8-10(12,2)3/h9,11H,5-8H2,1-4H3. The summed E-state index contributed by atoms with van der Waals surface area (Å²) >= 11 is 0. The van der Waals surface area contributed by atoms with Gasteiger partial charge in [-0.05, 0) is 27.8 Å². The average Bonchev–Trinajstić information content (AvgIpc) is 2.03. The molecule has 0 aromatic rings. The predicted molar refractivity (Wildman–Crippen MR) is 55.0 cm³/mol. The highest BCUT2D eigenvalue weighted by Crippen LogP contribution is 2.21. The van der Waals surface area contributed by atoms with E-state index < -0.39 is 0 Å². The minimum atomic E-state index is 0.189. The molecule has 78 valence electrons. The lowest BCUT2D eigenvalue weighted by atomic mass is 10.00. The fourth-order valence-electron chi connectivity index (χ4n) is 2.09. The molecule has 1 N–H and O–H groups in total. The maximum absolute atomic E-state index is 5.48. The molecule has 0 spiro atoms. The van der Waals surface area contributed by atoms with Gasteiger partial charge in [-0.3, -0.25) is 4.90 Å². The number of nitrogens with one attached hydrogen (secondary N) is 1. The van der Waals surface area contributed by atoms with Crippen LogP contribution in [0.3, 0.4) is 0 Å². The highest BCUT2D eigenvalue weighted by atomic mass is 16.5. The fourth-order valence-corrected chi connectivity index (χ4v) is 2.09. The number of likely N-dealkylation sites (N-methyl/N-ethyl adjacent to an activating group) is 1. The van der Waals surface area contributed by atoms with Gasteiger partial charge in [0.1, 0.15) is 0 Å². The van der Waals surface area contributed by atoms with Crippen molar-refractivity contribution in [1.29, 1.82) is 0 Å². The summed E-state index contributed by atoms with van der Waals surface area (Å²) < 4.78 is 5.48. The van der Waals surface area contributed by atoms with Crippen LogP contribution in [-0.4, -0.2) is 49.8 Å². The first-order valence-corrected chi connectivity index (χ1v) is 5.07. The van der Waals surface area contributed by atoms with Gasteiger partial charge in [0.2, 0.25) is 0 Å². The molecule has 0 amide bonds. The molecule has 1 rings (SSSR count). The monoisotopic (exact) mass is 186 g/mol. The lowest BCUT2D eigenvalue weighted by Crippen LogP contribution is -2.58. The van der Waals surface area contributed by atoms with Crippen LogP contribution in [0.4, 0.5) is 0 Å². The van der Waals surface area contributed by atoms with Gasteiger partial charge in [-0.25, -0.2) is 0 Å². The van der Waals surface area contributed by atoms with Crippen molar-refractivity contribution < 1.29 is 4.74 Å². The molecule has 0 bridgehead atoms. The molecule has 13 heavy (non-hydrogen) atoms. The topological polar surface area (TPSA) is 24.5 Å². The van der Waals surface area contributed by atoms with Crippen molar-refractivity contribution in [3.8, 4) is 0 Å². The first-order valence-electron chi connectivity index (χ1n) is 5.07. The number of hydrogen-bond donors (Lipinski definition) is 1. The Morgan fingerprint density at radius 1 is 1.54 bits per heavy atom. The Bertz CT molecular complexity index is 159. The van der Waals surface area contributed by atoms with E-state index in [-0.39, 0.29) is 5.54 Å². The average molecular weight is 186 g/mol. The highest BCUT2D eigenvalue weighted by molar-refractivity contribution is 4.88. The second kappa shape index (κ2) is 4.40. The van der Waals surface area contributed by atoms with Gasteiger partial charge in [-0.1, -0.05) is 0 Å². The zero-order valence-corrected chi connectivity index (χ0v) is 9.26. The SMILES string of the molecule is CNCC(C)N1CCOCC1(C)C. The van der Waals surface area contributed by atoms with Crippen LogP contribution in [0.15, 0.2) is 0 Å². The van der Waals surface area contributed by atoms with Gasteiger partial charge in [0.05, 0.1) is 13.2 Å². The third-order valence-corrected chi connectivity index (χ3v) is 2.74. The molecule has 1 heterocycles. The van der Waals surface area contributed by atoms with Crippen molar-refractivity contribution in [2.75, 3.05) is 33.4 Å². The Morgan fingerprint density at radius 2 is 2.23 bits per heavy atom. The number of ether oxygens (including phenoxy) is 1. The van der Waals surface area contributed by atoms with Crippen LogP contribution in [0.1, 0.15) is 20.8 Å². The van der Waals surface area contributed by atoms with Crippen molar-refractivity contribution in [2.24, 2.45) is 0 Å². The van der Waals surface area contributed by atoms with Gasteiger partial charge in [-0.2, -0.15) is 0 Å². The van der Waals surface area contributed by atoms with Crippen LogP contribution < -0.4 is 5.32 Å². The summed E-state index contributed by atoms with van der Waals surface area (Å²) in [5, 5.41) is 3.22. The molecule has 3 nitrogen and oxygen atoms in total. The smallest absolute Gasteiger partial charge is 0.0645 e. The predicted octanol–water partition coefficient (Wildman–Crippen LogP) is 0.705. The Balaban J connectivity index is 2.54. The molecule has 0 aromatic heterocycles. The Labute approximate surface area is 81.4 Å². The summed E-state index contributed by atoms with van der Waals surface area (Å²) in [4.78, 5) is 2.52. The Kier molecular flexibility index (Phi) is 3.71. The van der Waals surface area contributed by atoms with Crippen molar-refractivity contribution in [1.82, 2.24) is 10.2 Å². The van der Waals surface area contributed by atoms with Gasteiger partial charge in [0.15, 0.2) is 0 Å². The van der Waals surface area contributed by atoms with E-state index in [1.54, 1.807) is 0 Å². The number of hydrogen-bond acceptors (Lipinski definition) is 3. The van der Waals surface area contributed by atoms with Gasteiger partial charge in [0, 0.05) is 24.7 Å². The van der Waals surface area contributed by atoms with Crippen molar-refractivity contribution in [3.63, 3.8) is 0 Å². The number of nitrogens with zero attached hydrogens (tertiary/aromatic N) is 1. The molecule has 0 aliphatic carbocycles. The molecule has 1 fully saturated rings. The van der Waals surface area contributed by atoms with Crippen molar-refractivity contribution >= 4 is 0 Å². The second-order valence-electron chi connectivity index (χ2n) is 4.47. The molecule has 0 saturated carbocycles. The minimum Gasteiger partial charge on any atom is -0.378 e. The number of rotatable bonds is 3. The maximum atomic E-state index is 5.48. The van der Waals surface area contributed by atoms with E-state index in [1.165, 1.54) is 0 Å². The lowest BCUT2D eigenvalue weighted by molar-refractivity contribution is -0.0679. The van der Waals surface area contributed by atoms with E-state index in [1.807, 2.05) is 7.05 Å². The van der Waals surface area contributed by atoms with Gasteiger partial charge in [0.25, 0.3) is 0 Å². The molecule has 3 heteroatoms. The van der Waals surface area contributed by atoms with E-state index in [2.05, 4.69) is 31.0 Å². The Morgan fingerprint density at radius 3 is 2.77 bits per heavy atom. The third kappa shape index (κ3) is 2.66. The normalized spacial score (nSPS) is 25.8. The minimum absolute atomic E-state index is 0.189. The van der Waals surface area contributed by atoms with Crippen LogP contribution in [0.25, 0.3) is 0 Å². The van der Waals surface area contributed by atoms with E-state index in [4.69, 9.17) is 4.74 Å². The molecule has 0 aromatic carbocycles. The molecular weight excluding hydrogens is 164 g/mol. The second-order valence-corrected chi connectivity index (χ2v) is 4.47. The highest BCUT2D eigenvalue weighted by Gasteiger charge is 2.33. The van der Waals surface area contributed by atoms with Crippen LogP contribution in [-0.2, 0) is 4.74 Å². The zero-order valence-electron chi connectivity index (χ0n) is 9.26. The molecule has 1 aliphatic heterocycles. The van der Waals surface area contributed by atoms with Crippen LogP contribution >= 0.6 is 0 Å².